The third-order valence-corrected chi connectivity index (χ3v) is 8.21. The molecule has 0 saturated heterocycles. The summed E-state index contributed by atoms with van der Waals surface area (Å²) in [5.74, 6) is -0.184. The third-order valence-electron chi connectivity index (χ3n) is 8.21. The van der Waals surface area contributed by atoms with Crippen molar-refractivity contribution < 1.29 is 18.7 Å². The van der Waals surface area contributed by atoms with E-state index >= 15 is 0 Å². The highest BCUT2D eigenvalue weighted by Gasteiger charge is 2.47. The predicted octanol–water partition coefficient (Wildman–Crippen LogP) is 5.72. The summed E-state index contributed by atoms with van der Waals surface area (Å²) in [5.41, 5.74) is 6.35. The molecule has 0 unspecified atom stereocenters. The number of imidazole rings is 1. The summed E-state index contributed by atoms with van der Waals surface area (Å²) >= 11 is 0. The van der Waals surface area contributed by atoms with Gasteiger partial charge >= 0.3 is 0 Å². The van der Waals surface area contributed by atoms with Crippen molar-refractivity contribution in [1.29, 1.82) is 0 Å². The van der Waals surface area contributed by atoms with Gasteiger partial charge in [0.1, 0.15) is 28.6 Å². The van der Waals surface area contributed by atoms with Gasteiger partial charge in [0.25, 0.3) is 5.91 Å². The molecule has 6 rings (SSSR count). The molecule has 0 atom stereocenters. The van der Waals surface area contributed by atoms with Crippen LogP contribution in [0.25, 0.3) is 22.5 Å². The van der Waals surface area contributed by atoms with E-state index in [1.54, 1.807) is 36.9 Å². The van der Waals surface area contributed by atoms with Crippen LogP contribution in [0.2, 0.25) is 0 Å². The van der Waals surface area contributed by atoms with Crippen LogP contribution in [0.1, 0.15) is 54.9 Å². The number of fused-ring (bicyclic) bond motifs is 1. The maximum absolute atomic E-state index is 13.9. The average molecular weight is 578 g/mol. The number of hydrogen-bond donors (Lipinski definition) is 2. The highest BCUT2D eigenvalue weighted by atomic mass is 19.1. The molecule has 1 saturated carbocycles. The van der Waals surface area contributed by atoms with E-state index in [4.69, 9.17) is 9.72 Å². The van der Waals surface area contributed by atoms with Crippen LogP contribution >= 0.6 is 0 Å². The van der Waals surface area contributed by atoms with E-state index in [1.807, 2.05) is 56.5 Å². The Hall–Kier alpha value is -5.05. The first-order valence-corrected chi connectivity index (χ1v) is 14.1. The van der Waals surface area contributed by atoms with Crippen LogP contribution in [0.15, 0.2) is 95.5 Å². The number of methoxy groups -OCH3 is 1. The topological polar surface area (TPSA) is 97.6 Å². The van der Waals surface area contributed by atoms with Crippen molar-refractivity contribution >= 4 is 23.0 Å². The molecule has 0 spiro atoms. The van der Waals surface area contributed by atoms with Gasteiger partial charge < -0.3 is 15.4 Å². The van der Waals surface area contributed by atoms with Crippen LogP contribution in [-0.2, 0) is 15.1 Å². The third kappa shape index (κ3) is 5.11. The van der Waals surface area contributed by atoms with Crippen LogP contribution in [0, 0.1) is 5.82 Å². The molecule has 3 aromatic heterocycles. The lowest BCUT2D eigenvalue weighted by Crippen LogP contribution is -2.37. The number of hydrogen-bond acceptors (Lipinski definition) is 5. The summed E-state index contributed by atoms with van der Waals surface area (Å²) in [6.45, 7) is 3.93. The first-order valence-electron chi connectivity index (χ1n) is 14.1. The number of amides is 2. The number of rotatable bonds is 7. The van der Waals surface area contributed by atoms with E-state index in [-0.39, 0.29) is 17.6 Å². The van der Waals surface area contributed by atoms with E-state index in [1.165, 1.54) is 12.1 Å². The minimum Gasteiger partial charge on any atom is -0.501 e. The van der Waals surface area contributed by atoms with Crippen LogP contribution < -0.4 is 10.6 Å². The number of halogens is 1. The molecule has 9 heteroatoms. The molecule has 43 heavy (non-hydrogen) atoms. The molecule has 2 aliphatic carbocycles. The molecule has 0 radical (unpaired) electrons. The van der Waals surface area contributed by atoms with Crippen molar-refractivity contribution in [1.82, 2.24) is 25.0 Å². The number of allylic oxidation sites excluding steroid dienone is 5. The Balaban J connectivity index is 1.46. The molecule has 2 N–H and O–H groups in total. The highest BCUT2D eigenvalue weighted by Crippen LogP contribution is 2.45. The summed E-state index contributed by atoms with van der Waals surface area (Å²) in [6.07, 6.45) is 7.54. The predicted molar refractivity (Wildman–Crippen MR) is 162 cm³/mol. The van der Waals surface area contributed by atoms with Gasteiger partial charge in [-0.2, -0.15) is 0 Å². The molecule has 218 valence electrons. The largest absolute Gasteiger partial charge is 0.501 e. The number of ether oxygens (including phenoxy) is 1. The van der Waals surface area contributed by atoms with Crippen LogP contribution in [-0.4, -0.2) is 40.3 Å². The summed E-state index contributed by atoms with van der Waals surface area (Å²) in [6, 6.07) is 15.4. The minimum atomic E-state index is -0.470. The Morgan fingerprint density at radius 2 is 1.74 bits per heavy atom. The minimum absolute atomic E-state index is 0.163. The van der Waals surface area contributed by atoms with E-state index in [2.05, 4.69) is 15.6 Å². The van der Waals surface area contributed by atoms with E-state index in [0.717, 1.165) is 40.8 Å². The molecule has 3 heterocycles. The second-order valence-electron chi connectivity index (χ2n) is 10.9. The molecular formula is C34H32FN5O3. The van der Waals surface area contributed by atoms with Crippen molar-refractivity contribution in [3.05, 3.63) is 118 Å². The fourth-order valence-corrected chi connectivity index (χ4v) is 5.79. The molecule has 8 nitrogen and oxygen atoms in total. The monoisotopic (exact) mass is 577 g/mol. The van der Waals surface area contributed by atoms with Gasteiger partial charge in [0.15, 0.2) is 0 Å². The molecule has 1 aromatic carbocycles. The van der Waals surface area contributed by atoms with Gasteiger partial charge in [-0.15, -0.1) is 0 Å². The molecular weight excluding hydrogens is 545 g/mol. The molecule has 0 aliphatic heterocycles. The number of carbonyl (C=O) groups is 2. The first-order chi connectivity index (χ1) is 20.7. The maximum Gasteiger partial charge on any atom is 0.270 e. The van der Waals surface area contributed by atoms with Gasteiger partial charge in [0.2, 0.25) is 5.91 Å². The van der Waals surface area contributed by atoms with Gasteiger partial charge in [0.05, 0.1) is 18.3 Å². The SMILES string of the molecule is CNC(=O)c1c(-c2ccc(F)cc2)nc2ccc(C3=C(C)C=C(OC)CC(C(=O)NC4(c5ccccn5)CC4)=C3C)cn12. The van der Waals surface area contributed by atoms with Gasteiger partial charge in [-0.3, -0.25) is 19.0 Å². The summed E-state index contributed by atoms with van der Waals surface area (Å²) in [4.78, 5) is 36.3. The Labute approximate surface area is 249 Å². The average Bonchev–Trinajstić information content (AvgIpc) is 3.73. The summed E-state index contributed by atoms with van der Waals surface area (Å²) < 4.78 is 21.1. The smallest absolute Gasteiger partial charge is 0.270 e. The van der Waals surface area contributed by atoms with Crippen molar-refractivity contribution in [2.45, 2.75) is 38.6 Å². The Kier molecular flexibility index (Phi) is 7.17. The number of benzene rings is 1. The summed E-state index contributed by atoms with van der Waals surface area (Å²) in [5, 5.41) is 5.98. The number of nitrogens with zero attached hydrogens (tertiary/aromatic N) is 3. The highest BCUT2D eigenvalue weighted by molar-refractivity contribution is 6.02. The zero-order valence-corrected chi connectivity index (χ0v) is 24.5. The lowest BCUT2D eigenvalue weighted by Gasteiger charge is -2.20. The zero-order chi connectivity index (χ0) is 30.3. The molecule has 0 bridgehead atoms. The Morgan fingerprint density at radius 1 is 1.00 bits per heavy atom. The second-order valence-corrected chi connectivity index (χ2v) is 10.9. The van der Waals surface area contributed by atoms with Crippen LogP contribution in [0.5, 0.6) is 0 Å². The maximum atomic E-state index is 13.9. The van der Waals surface area contributed by atoms with Crippen molar-refractivity contribution in [2.24, 2.45) is 0 Å². The van der Waals surface area contributed by atoms with Gasteiger partial charge in [0, 0.05) is 37.0 Å². The van der Waals surface area contributed by atoms with E-state index in [0.29, 0.717) is 40.4 Å². The Bertz CT molecular complexity index is 1850. The standard InChI is InChI=1S/C34H32FN5O3/c1-20-17-25(43-4)18-26(32(41)39-34(14-15-34)27-7-5-6-16-37-27)21(2)29(20)23-10-13-28-38-30(22-8-11-24(35)12-9-22)31(33(42)36-3)40(28)19-23/h5-13,16-17,19H,14-15,18H2,1-4H3,(H,36,42)(H,39,41). The fraction of sp³-hybridized carbons (Fsp3) is 0.235. The van der Waals surface area contributed by atoms with Crippen molar-refractivity contribution in [3.8, 4) is 11.3 Å². The van der Waals surface area contributed by atoms with E-state index < -0.39 is 5.54 Å². The second kappa shape index (κ2) is 11.0. The quantitative estimate of drug-likeness (QED) is 0.293. The van der Waals surface area contributed by atoms with Crippen LogP contribution in [0.4, 0.5) is 4.39 Å². The zero-order valence-electron chi connectivity index (χ0n) is 24.5. The summed E-state index contributed by atoms with van der Waals surface area (Å²) in [7, 11) is 3.17. The number of aromatic nitrogens is 3. The Morgan fingerprint density at radius 3 is 2.40 bits per heavy atom. The normalized spacial score (nSPS) is 16.1. The lowest BCUT2D eigenvalue weighted by molar-refractivity contribution is -0.118. The van der Waals surface area contributed by atoms with Crippen LogP contribution in [0.3, 0.4) is 0 Å². The van der Waals surface area contributed by atoms with Gasteiger partial charge in [-0.05, 0) is 104 Å². The lowest BCUT2D eigenvalue weighted by atomic mass is 9.92. The van der Waals surface area contributed by atoms with Gasteiger partial charge in [-0.25, -0.2) is 9.37 Å². The number of carbonyl (C=O) groups excluding carboxylic acids is 2. The van der Waals surface area contributed by atoms with Crippen molar-refractivity contribution in [2.75, 3.05) is 14.2 Å². The molecule has 1 fully saturated rings. The molecule has 4 aromatic rings. The van der Waals surface area contributed by atoms with Gasteiger partial charge in [-0.1, -0.05) is 6.07 Å². The van der Waals surface area contributed by atoms with Crippen molar-refractivity contribution in [3.63, 3.8) is 0 Å². The number of pyridine rings is 2. The molecule has 2 amide bonds. The first kappa shape index (κ1) is 28.1. The molecule has 2 aliphatic rings. The van der Waals surface area contributed by atoms with E-state index in [9.17, 15) is 14.0 Å². The number of nitrogens with one attached hydrogen (secondary N) is 2. The fourth-order valence-electron chi connectivity index (χ4n) is 5.79.